The maximum absolute atomic E-state index is 12.9. The van der Waals surface area contributed by atoms with Crippen molar-refractivity contribution in [3.8, 4) is 0 Å². The minimum Gasteiger partial charge on any atom is -0.465 e. The molecule has 138 valence electrons. The molecule has 1 aromatic heterocycles. The first-order valence-electron chi connectivity index (χ1n) is 9.80. The van der Waals surface area contributed by atoms with Crippen LogP contribution in [-0.4, -0.2) is 23.4 Å². The predicted octanol–water partition coefficient (Wildman–Crippen LogP) is 4.13. The van der Waals surface area contributed by atoms with Crippen LogP contribution in [0.3, 0.4) is 0 Å². The van der Waals surface area contributed by atoms with Gasteiger partial charge in [-0.05, 0) is 32.3 Å². The van der Waals surface area contributed by atoms with Crippen molar-refractivity contribution >= 4 is 5.91 Å². The molecular weight excluding hydrogens is 324 g/mol. The number of nitrogens with zero attached hydrogens (tertiary/aromatic N) is 1. The molecule has 1 aliphatic heterocycles. The van der Waals surface area contributed by atoms with E-state index in [0.717, 1.165) is 61.5 Å². The van der Waals surface area contributed by atoms with Gasteiger partial charge in [-0.25, -0.2) is 0 Å². The molecule has 1 aliphatic carbocycles. The molecule has 0 unspecified atom stereocenters. The highest BCUT2D eigenvalue weighted by molar-refractivity contribution is 5.97. The lowest BCUT2D eigenvalue weighted by Crippen LogP contribution is -2.35. The molecule has 1 aromatic carbocycles. The van der Waals surface area contributed by atoms with E-state index in [1.165, 1.54) is 24.0 Å². The molecule has 0 bridgehead atoms. The van der Waals surface area contributed by atoms with E-state index in [-0.39, 0.29) is 5.91 Å². The average molecular weight is 352 g/mol. The smallest absolute Gasteiger partial charge is 0.255 e. The van der Waals surface area contributed by atoms with Crippen molar-refractivity contribution in [1.82, 2.24) is 10.2 Å². The van der Waals surface area contributed by atoms with Gasteiger partial charge >= 0.3 is 0 Å². The van der Waals surface area contributed by atoms with Crippen LogP contribution in [0.4, 0.5) is 0 Å². The molecular formula is C22H28N2O2. The van der Waals surface area contributed by atoms with Crippen molar-refractivity contribution in [3.05, 3.63) is 58.0 Å². The lowest BCUT2D eigenvalue weighted by Gasteiger charge is -2.27. The maximum atomic E-state index is 12.9. The van der Waals surface area contributed by atoms with Crippen molar-refractivity contribution in [3.63, 3.8) is 0 Å². The van der Waals surface area contributed by atoms with Gasteiger partial charge in [-0.2, -0.15) is 0 Å². The van der Waals surface area contributed by atoms with Gasteiger partial charge in [0.2, 0.25) is 0 Å². The number of fused-ring (bicyclic) bond motifs is 1. The monoisotopic (exact) mass is 352 g/mol. The van der Waals surface area contributed by atoms with Crippen molar-refractivity contribution < 1.29 is 9.21 Å². The summed E-state index contributed by atoms with van der Waals surface area (Å²) in [6, 6.07) is 9.04. The molecule has 0 saturated heterocycles. The second kappa shape index (κ2) is 7.28. The van der Waals surface area contributed by atoms with Crippen LogP contribution in [0.15, 0.2) is 28.7 Å². The quantitative estimate of drug-likeness (QED) is 0.900. The molecule has 0 atom stereocenters. The minimum atomic E-state index is 0.0524. The van der Waals surface area contributed by atoms with Gasteiger partial charge in [-0.3, -0.25) is 9.69 Å². The molecule has 1 fully saturated rings. The summed E-state index contributed by atoms with van der Waals surface area (Å²) in [6.45, 7) is 6.70. The van der Waals surface area contributed by atoms with Crippen molar-refractivity contribution in [2.45, 2.75) is 65.1 Å². The van der Waals surface area contributed by atoms with Crippen molar-refractivity contribution in [2.75, 3.05) is 6.54 Å². The first-order chi connectivity index (χ1) is 12.6. The van der Waals surface area contributed by atoms with Gasteiger partial charge in [0, 0.05) is 37.7 Å². The van der Waals surface area contributed by atoms with E-state index in [1.807, 2.05) is 6.92 Å². The second-order valence-corrected chi connectivity index (χ2v) is 7.84. The normalized spacial score (nSPS) is 18.1. The molecule has 1 saturated carbocycles. The number of nitrogens with one attached hydrogen (secondary N) is 1. The highest BCUT2D eigenvalue weighted by atomic mass is 16.3. The Morgan fingerprint density at radius 1 is 1.19 bits per heavy atom. The number of amides is 1. The fourth-order valence-electron chi connectivity index (χ4n) is 4.29. The van der Waals surface area contributed by atoms with Crippen molar-refractivity contribution in [1.29, 1.82) is 0 Å². The lowest BCUT2D eigenvalue weighted by atomic mass is 10.0. The summed E-state index contributed by atoms with van der Waals surface area (Å²) in [5, 5.41) is 3.23. The average Bonchev–Trinajstić information content (AvgIpc) is 3.23. The largest absolute Gasteiger partial charge is 0.465 e. The zero-order valence-corrected chi connectivity index (χ0v) is 15.8. The van der Waals surface area contributed by atoms with E-state index in [1.54, 1.807) is 0 Å². The zero-order chi connectivity index (χ0) is 18.1. The Morgan fingerprint density at radius 3 is 2.65 bits per heavy atom. The highest BCUT2D eigenvalue weighted by Gasteiger charge is 2.29. The fraction of sp³-hybridized carbons (Fsp3) is 0.500. The summed E-state index contributed by atoms with van der Waals surface area (Å²) >= 11 is 0. The van der Waals surface area contributed by atoms with Crippen LogP contribution in [0.2, 0.25) is 0 Å². The third-order valence-corrected chi connectivity index (χ3v) is 5.75. The van der Waals surface area contributed by atoms with Crippen LogP contribution < -0.4 is 5.32 Å². The van der Waals surface area contributed by atoms with Crippen LogP contribution >= 0.6 is 0 Å². The van der Waals surface area contributed by atoms with Gasteiger partial charge in [0.1, 0.15) is 11.5 Å². The van der Waals surface area contributed by atoms with Crippen LogP contribution in [0.5, 0.6) is 0 Å². The minimum absolute atomic E-state index is 0.0524. The first kappa shape index (κ1) is 17.3. The summed E-state index contributed by atoms with van der Waals surface area (Å²) in [5.74, 6) is 1.82. The van der Waals surface area contributed by atoms with Crippen molar-refractivity contribution in [2.24, 2.45) is 0 Å². The molecule has 26 heavy (non-hydrogen) atoms. The predicted molar refractivity (Wildman–Crippen MR) is 102 cm³/mol. The van der Waals surface area contributed by atoms with E-state index in [4.69, 9.17) is 4.42 Å². The molecule has 0 spiro atoms. The molecule has 4 rings (SSSR count). The number of rotatable bonds is 4. The molecule has 1 amide bonds. The van der Waals surface area contributed by atoms with Crippen LogP contribution in [-0.2, 0) is 19.5 Å². The molecule has 2 heterocycles. The number of hydrogen-bond donors (Lipinski definition) is 1. The second-order valence-electron chi connectivity index (χ2n) is 7.84. The Balaban J connectivity index is 1.50. The Labute approximate surface area is 155 Å². The molecule has 0 radical (unpaired) electrons. The summed E-state index contributed by atoms with van der Waals surface area (Å²) < 4.78 is 5.95. The molecule has 4 nitrogen and oxygen atoms in total. The van der Waals surface area contributed by atoms with Crippen LogP contribution in [0.1, 0.15) is 64.3 Å². The van der Waals surface area contributed by atoms with E-state index >= 15 is 0 Å². The number of furan rings is 1. The highest BCUT2D eigenvalue weighted by Crippen LogP contribution is 2.29. The Morgan fingerprint density at radius 2 is 1.92 bits per heavy atom. The van der Waals surface area contributed by atoms with E-state index in [0.29, 0.717) is 6.04 Å². The number of aryl methyl sites for hydroxylation is 2. The Hall–Kier alpha value is -2.07. The zero-order valence-electron chi connectivity index (χ0n) is 15.8. The van der Waals surface area contributed by atoms with Gasteiger partial charge in [-0.15, -0.1) is 0 Å². The third-order valence-electron chi connectivity index (χ3n) is 5.75. The summed E-state index contributed by atoms with van der Waals surface area (Å²) in [6.07, 6.45) is 5.52. The van der Waals surface area contributed by atoms with Crippen LogP contribution in [0.25, 0.3) is 0 Å². The van der Waals surface area contributed by atoms with Gasteiger partial charge in [0.15, 0.2) is 0 Å². The van der Waals surface area contributed by atoms with Gasteiger partial charge in [0.25, 0.3) is 5.91 Å². The molecule has 1 N–H and O–H groups in total. The van der Waals surface area contributed by atoms with E-state index in [9.17, 15) is 4.79 Å². The fourth-order valence-corrected chi connectivity index (χ4v) is 4.29. The molecule has 4 heteroatoms. The van der Waals surface area contributed by atoms with Gasteiger partial charge in [0.05, 0.1) is 5.56 Å². The molecule has 2 aromatic rings. The van der Waals surface area contributed by atoms with Gasteiger partial charge < -0.3 is 9.73 Å². The summed E-state index contributed by atoms with van der Waals surface area (Å²) in [7, 11) is 0. The summed E-state index contributed by atoms with van der Waals surface area (Å²) in [4.78, 5) is 15.3. The molecule has 2 aliphatic rings. The number of hydrogen-bond acceptors (Lipinski definition) is 3. The standard InChI is InChI=1S/C22H28N2O2/c1-15-7-9-17(10-8-15)13-24-12-11-20-19(14-24)21(16(2)26-20)22(25)23-18-5-3-4-6-18/h7-10,18H,3-6,11-14H2,1-2H3,(H,23,25). The Bertz CT molecular complexity index is 785. The topological polar surface area (TPSA) is 45.5 Å². The number of carbonyl (C=O) groups is 1. The maximum Gasteiger partial charge on any atom is 0.255 e. The SMILES string of the molecule is Cc1ccc(CN2CCc3oc(C)c(C(=O)NC4CCCC4)c3C2)cc1. The van der Waals surface area contributed by atoms with Gasteiger partial charge in [-0.1, -0.05) is 42.7 Å². The third kappa shape index (κ3) is 3.56. The Kier molecular flexibility index (Phi) is 4.86. The number of benzene rings is 1. The number of carbonyl (C=O) groups excluding carboxylic acids is 1. The van der Waals surface area contributed by atoms with E-state index in [2.05, 4.69) is 41.4 Å². The lowest BCUT2D eigenvalue weighted by molar-refractivity contribution is 0.0934. The summed E-state index contributed by atoms with van der Waals surface area (Å²) in [5.41, 5.74) is 4.47. The van der Waals surface area contributed by atoms with E-state index < -0.39 is 0 Å². The first-order valence-corrected chi connectivity index (χ1v) is 9.80. The van der Waals surface area contributed by atoms with Crippen LogP contribution in [0, 0.1) is 13.8 Å².